The van der Waals surface area contributed by atoms with Gasteiger partial charge >= 0.3 is 0 Å². The topological polar surface area (TPSA) is 59.1 Å². The minimum absolute atomic E-state index is 0.118. The third-order valence-corrected chi connectivity index (χ3v) is 4.87. The number of sulfonamides is 1. The number of hydrogen-bond acceptors (Lipinski definition) is 3. The summed E-state index contributed by atoms with van der Waals surface area (Å²) in [6, 6.07) is 2.93. The van der Waals surface area contributed by atoms with Crippen LogP contribution >= 0.6 is 11.6 Å². The molecule has 6 heteroatoms. The van der Waals surface area contributed by atoms with E-state index < -0.39 is 10.0 Å². The summed E-state index contributed by atoms with van der Waals surface area (Å²) in [7, 11) is -3.46. The van der Waals surface area contributed by atoms with Crippen LogP contribution in [0.25, 0.3) is 0 Å². The Bertz CT molecular complexity index is 495. The average Bonchev–Trinajstić information content (AvgIpc) is 2.24. The Morgan fingerprint density at radius 2 is 2.18 bits per heavy atom. The van der Waals surface area contributed by atoms with E-state index in [1.54, 1.807) is 0 Å². The van der Waals surface area contributed by atoms with Crippen LogP contribution in [0, 0.1) is 5.41 Å². The first-order chi connectivity index (χ1) is 7.91. The first kappa shape index (κ1) is 12.8. The average molecular weight is 275 g/mol. The van der Waals surface area contributed by atoms with Crippen molar-refractivity contribution >= 4 is 21.6 Å². The van der Waals surface area contributed by atoms with E-state index in [9.17, 15) is 8.42 Å². The first-order valence-corrected chi connectivity index (χ1v) is 7.39. The van der Waals surface area contributed by atoms with Crippen molar-refractivity contribution in [3.05, 3.63) is 23.5 Å². The van der Waals surface area contributed by atoms with E-state index in [4.69, 9.17) is 11.6 Å². The largest absolute Gasteiger partial charge is 0.243 e. The van der Waals surface area contributed by atoms with Crippen LogP contribution in [0.1, 0.15) is 26.2 Å². The molecule has 0 aromatic carbocycles. The lowest BCUT2D eigenvalue weighted by atomic mass is 9.71. The Morgan fingerprint density at radius 1 is 1.47 bits per heavy atom. The minimum Gasteiger partial charge on any atom is -0.243 e. The first-order valence-electron chi connectivity index (χ1n) is 5.53. The minimum atomic E-state index is -3.46. The van der Waals surface area contributed by atoms with Crippen LogP contribution in [-0.4, -0.2) is 19.9 Å². The third kappa shape index (κ3) is 2.97. The Balaban J connectivity index is 2.06. The number of pyridine rings is 1. The van der Waals surface area contributed by atoms with Crippen LogP contribution in [-0.2, 0) is 10.0 Å². The highest BCUT2D eigenvalue weighted by molar-refractivity contribution is 7.89. The van der Waals surface area contributed by atoms with Crippen LogP contribution < -0.4 is 4.72 Å². The summed E-state index contributed by atoms with van der Waals surface area (Å²) >= 11 is 5.62. The molecule has 1 N–H and O–H groups in total. The van der Waals surface area contributed by atoms with E-state index in [1.807, 2.05) is 0 Å². The molecule has 2 rings (SSSR count). The molecule has 1 fully saturated rings. The van der Waals surface area contributed by atoms with E-state index >= 15 is 0 Å². The van der Waals surface area contributed by atoms with Crippen LogP contribution in [0.3, 0.4) is 0 Å². The summed E-state index contributed by atoms with van der Waals surface area (Å²) in [5.41, 5.74) is 0.118. The van der Waals surface area contributed by atoms with Crippen LogP contribution in [0.4, 0.5) is 0 Å². The third-order valence-electron chi connectivity index (χ3n) is 3.26. The molecule has 1 aromatic heterocycles. The van der Waals surface area contributed by atoms with Gasteiger partial charge in [0, 0.05) is 12.7 Å². The van der Waals surface area contributed by atoms with Crippen LogP contribution in [0.5, 0.6) is 0 Å². The highest BCUT2D eigenvalue weighted by Crippen LogP contribution is 2.39. The Labute approximate surface area is 106 Å². The second-order valence-corrected chi connectivity index (χ2v) is 6.96. The second-order valence-electron chi connectivity index (χ2n) is 4.81. The van der Waals surface area contributed by atoms with Crippen molar-refractivity contribution in [3.8, 4) is 0 Å². The fourth-order valence-corrected chi connectivity index (χ4v) is 3.09. The predicted octanol–water partition coefficient (Wildman–Crippen LogP) is 2.20. The van der Waals surface area contributed by atoms with Crippen molar-refractivity contribution in [3.63, 3.8) is 0 Å². The molecule has 17 heavy (non-hydrogen) atoms. The van der Waals surface area contributed by atoms with Crippen molar-refractivity contribution in [1.82, 2.24) is 9.71 Å². The highest BCUT2D eigenvalue weighted by atomic mass is 35.5. The fourth-order valence-electron chi connectivity index (χ4n) is 1.83. The quantitative estimate of drug-likeness (QED) is 0.857. The van der Waals surface area contributed by atoms with E-state index in [-0.39, 0.29) is 15.5 Å². The van der Waals surface area contributed by atoms with Gasteiger partial charge in [-0.2, -0.15) is 0 Å². The van der Waals surface area contributed by atoms with Gasteiger partial charge in [-0.25, -0.2) is 18.1 Å². The molecular weight excluding hydrogens is 260 g/mol. The van der Waals surface area contributed by atoms with Gasteiger partial charge in [0.15, 0.2) is 0 Å². The van der Waals surface area contributed by atoms with Crippen molar-refractivity contribution in [2.24, 2.45) is 5.41 Å². The van der Waals surface area contributed by atoms with Gasteiger partial charge in [-0.1, -0.05) is 24.9 Å². The number of halogens is 1. The molecule has 0 radical (unpaired) electrons. The number of nitrogens with zero attached hydrogens (tertiary/aromatic N) is 1. The molecule has 1 saturated carbocycles. The maximum absolute atomic E-state index is 11.9. The van der Waals surface area contributed by atoms with E-state index in [2.05, 4.69) is 16.6 Å². The SMILES string of the molecule is CC1(CNS(=O)(=O)c2ccc(Cl)nc2)CCC1. The molecule has 1 aromatic rings. The predicted molar refractivity (Wildman–Crippen MR) is 66.4 cm³/mol. The van der Waals surface area contributed by atoms with Crippen molar-refractivity contribution in [2.45, 2.75) is 31.1 Å². The van der Waals surface area contributed by atoms with Gasteiger partial charge in [-0.05, 0) is 30.4 Å². The van der Waals surface area contributed by atoms with Gasteiger partial charge in [-0.3, -0.25) is 0 Å². The van der Waals surface area contributed by atoms with Crippen LogP contribution in [0.15, 0.2) is 23.2 Å². The number of rotatable bonds is 4. The van der Waals surface area contributed by atoms with E-state index in [0.717, 1.165) is 12.8 Å². The molecule has 0 amide bonds. The molecule has 0 spiro atoms. The summed E-state index contributed by atoms with van der Waals surface area (Å²) < 4.78 is 26.5. The van der Waals surface area contributed by atoms with Gasteiger partial charge < -0.3 is 0 Å². The molecule has 0 aliphatic heterocycles. The molecule has 0 atom stereocenters. The van der Waals surface area contributed by atoms with Gasteiger partial charge in [-0.15, -0.1) is 0 Å². The Hall–Kier alpha value is -0.650. The zero-order valence-corrected chi connectivity index (χ0v) is 11.2. The van der Waals surface area contributed by atoms with E-state index in [0.29, 0.717) is 6.54 Å². The maximum Gasteiger partial charge on any atom is 0.242 e. The van der Waals surface area contributed by atoms with Gasteiger partial charge in [0.1, 0.15) is 10.0 Å². The fraction of sp³-hybridized carbons (Fsp3) is 0.545. The second kappa shape index (κ2) is 4.55. The normalized spacial score (nSPS) is 18.7. The summed E-state index contributed by atoms with van der Waals surface area (Å²) in [6.07, 6.45) is 4.61. The zero-order chi connectivity index (χ0) is 12.5. The smallest absolute Gasteiger partial charge is 0.242 e. The lowest BCUT2D eigenvalue weighted by molar-refractivity contribution is 0.166. The summed E-state index contributed by atoms with van der Waals surface area (Å²) in [6.45, 7) is 2.58. The lowest BCUT2D eigenvalue weighted by Crippen LogP contribution is -2.39. The molecule has 0 unspecified atom stereocenters. The van der Waals surface area contributed by atoms with Gasteiger partial charge in [0.2, 0.25) is 10.0 Å². The van der Waals surface area contributed by atoms with Crippen molar-refractivity contribution in [2.75, 3.05) is 6.54 Å². The van der Waals surface area contributed by atoms with Gasteiger partial charge in [0.05, 0.1) is 0 Å². The monoisotopic (exact) mass is 274 g/mol. The molecule has 0 bridgehead atoms. The highest BCUT2D eigenvalue weighted by Gasteiger charge is 2.33. The molecule has 94 valence electrons. The summed E-state index contributed by atoms with van der Waals surface area (Å²) in [4.78, 5) is 3.93. The van der Waals surface area contributed by atoms with Crippen molar-refractivity contribution < 1.29 is 8.42 Å². The molecule has 1 heterocycles. The molecule has 1 aliphatic rings. The molecular formula is C11H15ClN2O2S. The number of aromatic nitrogens is 1. The summed E-state index contributed by atoms with van der Waals surface area (Å²) in [5, 5.41) is 0.287. The molecule has 0 saturated heterocycles. The number of hydrogen-bond donors (Lipinski definition) is 1. The van der Waals surface area contributed by atoms with Crippen LogP contribution in [0.2, 0.25) is 5.15 Å². The van der Waals surface area contributed by atoms with Crippen molar-refractivity contribution in [1.29, 1.82) is 0 Å². The molecule has 4 nitrogen and oxygen atoms in total. The number of nitrogens with one attached hydrogen (secondary N) is 1. The zero-order valence-electron chi connectivity index (χ0n) is 9.61. The summed E-state index contributed by atoms with van der Waals surface area (Å²) in [5.74, 6) is 0. The van der Waals surface area contributed by atoms with Gasteiger partial charge in [0.25, 0.3) is 0 Å². The Morgan fingerprint density at radius 3 is 2.65 bits per heavy atom. The molecule has 1 aliphatic carbocycles. The standard InChI is InChI=1S/C11H15ClN2O2S/c1-11(5-2-6-11)8-14-17(15,16)9-3-4-10(12)13-7-9/h3-4,7,14H,2,5-6,8H2,1H3. The Kier molecular flexibility index (Phi) is 3.43. The maximum atomic E-state index is 11.9. The lowest BCUT2D eigenvalue weighted by Gasteiger charge is -2.38. The van der Waals surface area contributed by atoms with E-state index in [1.165, 1.54) is 24.8 Å².